The second kappa shape index (κ2) is 17.3. The van der Waals surface area contributed by atoms with Crippen LogP contribution in [0.15, 0.2) is 0 Å². The second-order valence-electron chi connectivity index (χ2n) is 10.4. The number of aliphatic hydroxyl groups excluding tert-OH is 7. The maximum atomic E-state index is 10.5. The molecule has 220 valence electrons. The van der Waals surface area contributed by atoms with Crippen LogP contribution >= 0.6 is 0 Å². The molecule has 6 unspecified atom stereocenters. The van der Waals surface area contributed by atoms with E-state index in [1.54, 1.807) is 0 Å². The number of unbranched alkanes of at least 4 members (excludes halogenated alkanes) is 6. The molecule has 37 heavy (non-hydrogen) atoms. The number of hydrogen-bond acceptors (Lipinski definition) is 11. The average Bonchev–Trinajstić information content (AvgIpc) is 2.90. The molecule has 2 aliphatic rings. The summed E-state index contributed by atoms with van der Waals surface area (Å²) in [5.74, 6) is 0.289. The van der Waals surface area contributed by atoms with Crippen LogP contribution in [0, 0.1) is 5.92 Å². The molecule has 0 aromatic carbocycles. The molecule has 2 rings (SSSR count). The summed E-state index contributed by atoms with van der Waals surface area (Å²) in [5, 5.41) is 70.6. The first kappa shape index (κ1) is 32.8. The van der Waals surface area contributed by atoms with E-state index in [1.165, 1.54) is 12.8 Å². The molecule has 0 bridgehead atoms. The smallest absolute Gasteiger partial charge is 0.186 e. The second-order valence-corrected chi connectivity index (χ2v) is 10.4. The van der Waals surface area contributed by atoms with E-state index in [4.69, 9.17) is 18.9 Å². The van der Waals surface area contributed by atoms with E-state index in [0.29, 0.717) is 6.61 Å². The molecule has 2 fully saturated rings. The molecular formula is C26H50O11. The summed E-state index contributed by atoms with van der Waals surface area (Å²) in [6, 6.07) is 0. The first-order valence-corrected chi connectivity index (χ1v) is 14.0. The molecule has 0 radical (unpaired) electrons. The predicted molar refractivity (Wildman–Crippen MR) is 133 cm³/mol. The molecule has 0 spiro atoms. The monoisotopic (exact) mass is 538 g/mol. The lowest BCUT2D eigenvalue weighted by Gasteiger charge is -2.42. The van der Waals surface area contributed by atoms with Gasteiger partial charge in [-0.05, 0) is 18.8 Å². The third-order valence-corrected chi connectivity index (χ3v) is 7.37. The Balaban J connectivity index is 1.92. The van der Waals surface area contributed by atoms with Gasteiger partial charge < -0.3 is 54.7 Å². The van der Waals surface area contributed by atoms with Crippen LogP contribution in [0.3, 0.4) is 0 Å². The quantitative estimate of drug-likeness (QED) is 0.126. The zero-order chi connectivity index (χ0) is 27.4. The van der Waals surface area contributed by atoms with E-state index in [1.807, 2.05) is 0 Å². The maximum Gasteiger partial charge on any atom is 0.186 e. The van der Waals surface area contributed by atoms with Crippen LogP contribution in [0.2, 0.25) is 0 Å². The van der Waals surface area contributed by atoms with Crippen molar-refractivity contribution in [1.82, 2.24) is 0 Å². The molecule has 2 aliphatic heterocycles. The van der Waals surface area contributed by atoms with Crippen molar-refractivity contribution in [2.75, 3.05) is 19.8 Å². The van der Waals surface area contributed by atoms with Gasteiger partial charge >= 0.3 is 0 Å². The van der Waals surface area contributed by atoms with Crippen LogP contribution in [0.5, 0.6) is 0 Å². The van der Waals surface area contributed by atoms with E-state index in [9.17, 15) is 35.7 Å². The lowest BCUT2D eigenvalue weighted by molar-refractivity contribution is -0.332. The van der Waals surface area contributed by atoms with E-state index in [0.717, 1.165) is 51.4 Å². The molecule has 11 nitrogen and oxygen atoms in total. The van der Waals surface area contributed by atoms with Crippen LogP contribution in [0.4, 0.5) is 0 Å². The number of hydrogen-bond donors (Lipinski definition) is 7. The fraction of sp³-hybridized carbons (Fsp3) is 1.00. The highest BCUT2D eigenvalue weighted by Crippen LogP contribution is 2.27. The zero-order valence-corrected chi connectivity index (χ0v) is 22.3. The summed E-state index contributed by atoms with van der Waals surface area (Å²) in [5.41, 5.74) is 0. The van der Waals surface area contributed by atoms with Gasteiger partial charge in [-0.2, -0.15) is 0 Å². The Hall–Kier alpha value is -0.440. The summed E-state index contributed by atoms with van der Waals surface area (Å²) in [6.45, 7) is 3.72. The van der Waals surface area contributed by atoms with Gasteiger partial charge in [-0.15, -0.1) is 0 Å². The first-order valence-electron chi connectivity index (χ1n) is 14.0. The van der Waals surface area contributed by atoms with Crippen molar-refractivity contribution >= 4 is 0 Å². The third kappa shape index (κ3) is 9.91. The van der Waals surface area contributed by atoms with Crippen molar-refractivity contribution in [3.8, 4) is 0 Å². The Morgan fingerprint density at radius 1 is 0.595 bits per heavy atom. The molecule has 10 atom stereocenters. The van der Waals surface area contributed by atoms with Crippen molar-refractivity contribution in [3.05, 3.63) is 0 Å². The standard InChI is InChI=1S/C26H50O11/c1-3-5-7-9-11-16(12-10-8-6-4-2)14-34-25-24(33)22(31)20(29)18(37-25)15-35-26-23(32)21(30)19(28)17(13-27)36-26/h16-33H,3-15H2,1-2H3/t17?,18?,19-,20-,21?,22?,23?,24?,25+,26-/m1/s1. The van der Waals surface area contributed by atoms with Crippen molar-refractivity contribution in [3.63, 3.8) is 0 Å². The molecule has 0 saturated carbocycles. The number of ether oxygens (including phenoxy) is 4. The number of aliphatic hydroxyl groups is 7. The number of rotatable bonds is 17. The average molecular weight is 539 g/mol. The first-order chi connectivity index (χ1) is 17.7. The molecule has 0 aromatic rings. The Morgan fingerprint density at radius 3 is 1.59 bits per heavy atom. The van der Waals surface area contributed by atoms with Crippen molar-refractivity contribution in [2.45, 2.75) is 139 Å². The molecule has 0 amide bonds. The van der Waals surface area contributed by atoms with Gasteiger partial charge in [-0.1, -0.05) is 65.2 Å². The molecule has 7 N–H and O–H groups in total. The fourth-order valence-electron chi connectivity index (χ4n) is 4.85. The van der Waals surface area contributed by atoms with Gasteiger partial charge in [-0.3, -0.25) is 0 Å². The molecular weight excluding hydrogens is 488 g/mol. The van der Waals surface area contributed by atoms with Gasteiger partial charge in [0.05, 0.1) is 19.8 Å². The Labute approximate surface area is 220 Å². The van der Waals surface area contributed by atoms with Crippen molar-refractivity contribution in [1.29, 1.82) is 0 Å². The van der Waals surface area contributed by atoms with Crippen LogP contribution < -0.4 is 0 Å². The minimum atomic E-state index is -1.61. The lowest BCUT2D eigenvalue weighted by Crippen LogP contribution is -2.61. The Bertz CT molecular complexity index is 583. The van der Waals surface area contributed by atoms with E-state index < -0.39 is 68.0 Å². The topological polar surface area (TPSA) is 179 Å². The summed E-state index contributed by atoms with van der Waals surface area (Å²) in [7, 11) is 0. The van der Waals surface area contributed by atoms with Gasteiger partial charge in [0.1, 0.15) is 48.8 Å². The highest BCUT2D eigenvalue weighted by Gasteiger charge is 2.47. The molecule has 2 heterocycles. The SMILES string of the molecule is CCCCCCC(CCCCCC)CO[C@H]1OC(CO[C@@H]2OC(CO)[C@@H](O)C(O)C2O)[C@@H](O)C(O)C1O. The van der Waals surface area contributed by atoms with Crippen molar-refractivity contribution in [2.24, 2.45) is 5.92 Å². The summed E-state index contributed by atoms with van der Waals surface area (Å²) in [6.07, 6.45) is -2.89. The zero-order valence-electron chi connectivity index (χ0n) is 22.3. The maximum absolute atomic E-state index is 10.5. The van der Waals surface area contributed by atoms with Gasteiger partial charge in [-0.25, -0.2) is 0 Å². The van der Waals surface area contributed by atoms with Crippen molar-refractivity contribution < 1.29 is 54.7 Å². The summed E-state index contributed by atoms with van der Waals surface area (Å²) in [4.78, 5) is 0. The van der Waals surface area contributed by atoms with Gasteiger partial charge in [0.15, 0.2) is 12.6 Å². The largest absolute Gasteiger partial charge is 0.394 e. The Kier molecular flexibility index (Phi) is 15.3. The lowest BCUT2D eigenvalue weighted by atomic mass is 9.95. The third-order valence-electron chi connectivity index (χ3n) is 7.37. The normalized spacial score (nSPS) is 36.8. The van der Waals surface area contributed by atoms with E-state index >= 15 is 0 Å². The molecule has 2 saturated heterocycles. The summed E-state index contributed by atoms with van der Waals surface area (Å²) >= 11 is 0. The molecule has 11 heteroatoms. The van der Waals surface area contributed by atoms with E-state index in [-0.39, 0.29) is 12.5 Å². The Morgan fingerprint density at radius 2 is 1.08 bits per heavy atom. The van der Waals surface area contributed by atoms with Gasteiger partial charge in [0.2, 0.25) is 0 Å². The highest BCUT2D eigenvalue weighted by molar-refractivity contribution is 4.91. The van der Waals surface area contributed by atoms with Crippen LogP contribution in [-0.4, -0.2) is 117 Å². The van der Waals surface area contributed by atoms with Gasteiger partial charge in [0.25, 0.3) is 0 Å². The van der Waals surface area contributed by atoms with Crippen LogP contribution in [0.25, 0.3) is 0 Å². The highest BCUT2D eigenvalue weighted by atomic mass is 16.7. The minimum absolute atomic E-state index is 0.289. The summed E-state index contributed by atoms with van der Waals surface area (Å²) < 4.78 is 22.4. The van der Waals surface area contributed by atoms with Crippen LogP contribution in [-0.2, 0) is 18.9 Å². The van der Waals surface area contributed by atoms with Crippen LogP contribution in [0.1, 0.15) is 78.1 Å². The predicted octanol–water partition coefficient (Wildman–Crippen LogP) is 0.184. The molecule has 0 aromatic heterocycles. The minimum Gasteiger partial charge on any atom is -0.394 e. The molecule has 0 aliphatic carbocycles. The van der Waals surface area contributed by atoms with Gasteiger partial charge in [0, 0.05) is 0 Å². The fourth-order valence-corrected chi connectivity index (χ4v) is 4.85. The van der Waals surface area contributed by atoms with E-state index in [2.05, 4.69) is 13.8 Å².